The van der Waals surface area contributed by atoms with Crippen LogP contribution in [0.15, 0.2) is 23.1 Å². The Kier molecular flexibility index (Phi) is 3.47. The van der Waals surface area contributed by atoms with E-state index in [4.69, 9.17) is 9.84 Å². The van der Waals surface area contributed by atoms with Gasteiger partial charge in [-0.25, -0.2) is 0 Å². The smallest absolute Gasteiger partial charge is 0.323 e. The van der Waals surface area contributed by atoms with Gasteiger partial charge in [0.15, 0.2) is 0 Å². The summed E-state index contributed by atoms with van der Waals surface area (Å²) in [6, 6.07) is 5.80. The summed E-state index contributed by atoms with van der Waals surface area (Å²) in [6.45, 7) is 2.84. The van der Waals surface area contributed by atoms with Gasteiger partial charge in [0.2, 0.25) is 0 Å². The monoisotopic (exact) mass is 253 g/mol. The highest BCUT2D eigenvalue weighted by Gasteiger charge is 2.26. The number of rotatable bonds is 3. The zero-order valence-electron chi connectivity index (χ0n) is 9.84. The number of thioether (sulfide) groups is 1. The molecule has 0 fully saturated rings. The molecule has 0 aromatic heterocycles. The van der Waals surface area contributed by atoms with E-state index in [2.05, 4.69) is 6.92 Å². The summed E-state index contributed by atoms with van der Waals surface area (Å²) in [7, 11) is 1.61. The van der Waals surface area contributed by atoms with Crippen LogP contribution >= 0.6 is 11.8 Å². The second-order valence-electron chi connectivity index (χ2n) is 4.01. The lowest BCUT2D eigenvalue weighted by atomic mass is 10.2. The van der Waals surface area contributed by atoms with Gasteiger partial charge >= 0.3 is 5.97 Å². The molecular weight excluding hydrogens is 238 g/mol. The van der Waals surface area contributed by atoms with Crippen molar-refractivity contribution in [2.24, 2.45) is 0 Å². The maximum absolute atomic E-state index is 10.9. The number of fused-ring (bicyclic) bond motifs is 1. The lowest BCUT2D eigenvalue weighted by molar-refractivity contribution is -0.135. The Labute approximate surface area is 105 Å². The summed E-state index contributed by atoms with van der Waals surface area (Å²) in [5.74, 6) is -0.0795. The molecule has 1 atom stereocenters. The Bertz CT molecular complexity index is 436. The van der Waals surface area contributed by atoms with Gasteiger partial charge in [-0.1, -0.05) is 13.0 Å². The molecule has 1 aromatic rings. The summed E-state index contributed by atoms with van der Waals surface area (Å²) >= 11 is 1.76. The number of carboxylic acids is 1. The fourth-order valence-corrected chi connectivity index (χ4v) is 3.22. The Hall–Kier alpha value is -1.36. The van der Waals surface area contributed by atoms with Crippen molar-refractivity contribution in [3.05, 3.63) is 18.2 Å². The number of hydrogen-bond donors (Lipinski definition) is 1. The van der Waals surface area contributed by atoms with Crippen molar-refractivity contribution >= 4 is 23.4 Å². The first-order valence-corrected chi connectivity index (χ1v) is 6.30. The highest BCUT2D eigenvalue weighted by molar-refractivity contribution is 8.00. The quantitative estimate of drug-likeness (QED) is 0.893. The molecule has 1 unspecified atom stereocenters. The van der Waals surface area contributed by atoms with Crippen molar-refractivity contribution in [2.75, 3.05) is 25.1 Å². The number of ether oxygens (including phenoxy) is 1. The van der Waals surface area contributed by atoms with Crippen LogP contribution in [0.3, 0.4) is 0 Å². The molecule has 0 aliphatic carbocycles. The SMILES string of the molecule is COc1cccc2c1N(CC(=O)O)CC(C)S2. The summed E-state index contributed by atoms with van der Waals surface area (Å²) in [5.41, 5.74) is 0.903. The summed E-state index contributed by atoms with van der Waals surface area (Å²) in [5, 5.41) is 9.34. The van der Waals surface area contributed by atoms with Gasteiger partial charge in [0.1, 0.15) is 12.3 Å². The number of methoxy groups -OCH3 is 1. The van der Waals surface area contributed by atoms with Crippen LogP contribution in [-0.2, 0) is 4.79 Å². The van der Waals surface area contributed by atoms with Gasteiger partial charge in [-0.05, 0) is 12.1 Å². The first-order chi connectivity index (χ1) is 8.11. The normalized spacial score (nSPS) is 18.7. The Balaban J connectivity index is 2.41. The van der Waals surface area contributed by atoms with E-state index in [0.29, 0.717) is 5.25 Å². The van der Waals surface area contributed by atoms with Gasteiger partial charge in [-0.2, -0.15) is 0 Å². The molecule has 1 heterocycles. The molecule has 0 saturated carbocycles. The molecule has 1 aliphatic rings. The van der Waals surface area contributed by atoms with E-state index in [1.54, 1.807) is 18.9 Å². The van der Waals surface area contributed by atoms with Gasteiger partial charge < -0.3 is 14.7 Å². The van der Waals surface area contributed by atoms with Gasteiger partial charge in [0.05, 0.1) is 12.8 Å². The molecular formula is C12H15NO3S. The largest absolute Gasteiger partial charge is 0.495 e. The number of para-hydroxylation sites is 1. The van der Waals surface area contributed by atoms with Crippen LogP contribution in [0.1, 0.15) is 6.92 Å². The number of carbonyl (C=O) groups is 1. The first kappa shape index (κ1) is 12.1. The van der Waals surface area contributed by atoms with Crippen LogP contribution in [0, 0.1) is 0 Å². The maximum atomic E-state index is 10.9. The van der Waals surface area contributed by atoms with Crippen LogP contribution in [0.5, 0.6) is 5.75 Å². The Morgan fingerprint density at radius 2 is 2.41 bits per heavy atom. The first-order valence-electron chi connectivity index (χ1n) is 5.42. The van der Waals surface area contributed by atoms with Gasteiger partial charge in [-0.3, -0.25) is 4.79 Å². The number of nitrogens with zero attached hydrogens (tertiary/aromatic N) is 1. The van der Waals surface area contributed by atoms with Crippen LogP contribution < -0.4 is 9.64 Å². The molecule has 4 nitrogen and oxygen atoms in total. The highest BCUT2D eigenvalue weighted by atomic mass is 32.2. The number of carboxylic acid groups (broad SMARTS) is 1. The molecule has 1 aliphatic heterocycles. The number of benzene rings is 1. The zero-order valence-corrected chi connectivity index (χ0v) is 10.7. The average Bonchev–Trinajstić information content (AvgIpc) is 2.26. The zero-order chi connectivity index (χ0) is 12.4. The summed E-state index contributed by atoms with van der Waals surface area (Å²) in [4.78, 5) is 13.9. The van der Waals surface area contributed by atoms with Crippen molar-refractivity contribution in [3.8, 4) is 5.75 Å². The minimum absolute atomic E-state index is 0.0122. The minimum Gasteiger partial charge on any atom is -0.495 e. The van der Waals surface area contributed by atoms with Gasteiger partial charge in [0, 0.05) is 16.7 Å². The molecule has 5 heteroatoms. The van der Waals surface area contributed by atoms with Gasteiger partial charge in [0.25, 0.3) is 0 Å². The molecule has 92 valence electrons. The molecule has 0 bridgehead atoms. The highest BCUT2D eigenvalue weighted by Crippen LogP contribution is 2.43. The molecule has 17 heavy (non-hydrogen) atoms. The van der Waals surface area contributed by atoms with Crippen molar-refractivity contribution < 1.29 is 14.6 Å². The summed E-state index contributed by atoms with van der Waals surface area (Å²) < 4.78 is 5.31. The maximum Gasteiger partial charge on any atom is 0.323 e. The number of hydrogen-bond acceptors (Lipinski definition) is 4. The van der Waals surface area contributed by atoms with Crippen LogP contribution in [0.25, 0.3) is 0 Å². The van der Waals surface area contributed by atoms with E-state index >= 15 is 0 Å². The number of anilines is 1. The second-order valence-corrected chi connectivity index (χ2v) is 5.49. The molecule has 2 rings (SSSR count). The molecule has 0 amide bonds. The predicted molar refractivity (Wildman–Crippen MR) is 68.2 cm³/mol. The fraction of sp³-hybridized carbons (Fsp3) is 0.417. The van der Waals surface area contributed by atoms with Crippen molar-refractivity contribution in [3.63, 3.8) is 0 Å². The van der Waals surface area contributed by atoms with Crippen LogP contribution in [0.4, 0.5) is 5.69 Å². The third-order valence-corrected chi connectivity index (χ3v) is 3.76. The van der Waals surface area contributed by atoms with Crippen LogP contribution in [0.2, 0.25) is 0 Å². The van der Waals surface area contributed by atoms with Crippen molar-refractivity contribution in [2.45, 2.75) is 17.1 Å². The topological polar surface area (TPSA) is 49.8 Å². The Morgan fingerprint density at radius 1 is 1.65 bits per heavy atom. The molecule has 1 N–H and O–H groups in total. The van der Waals surface area contributed by atoms with E-state index < -0.39 is 5.97 Å². The fourth-order valence-electron chi connectivity index (χ4n) is 2.04. The molecule has 1 aromatic carbocycles. The molecule has 0 saturated heterocycles. The average molecular weight is 253 g/mol. The van der Waals surface area contributed by atoms with E-state index in [-0.39, 0.29) is 6.54 Å². The van der Waals surface area contributed by atoms with Crippen molar-refractivity contribution in [1.82, 2.24) is 0 Å². The predicted octanol–water partition coefficient (Wildman–Crippen LogP) is 2.08. The van der Waals surface area contributed by atoms with E-state index in [0.717, 1.165) is 22.9 Å². The second kappa shape index (κ2) is 4.87. The van der Waals surface area contributed by atoms with Crippen LogP contribution in [-0.4, -0.2) is 36.5 Å². The van der Waals surface area contributed by atoms with E-state index in [1.807, 2.05) is 23.1 Å². The lowest BCUT2D eigenvalue weighted by Crippen LogP contribution is -2.37. The minimum atomic E-state index is -0.819. The standard InChI is InChI=1S/C12H15NO3S/c1-8-6-13(7-11(14)15)12-9(16-2)4-3-5-10(12)17-8/h3-5,8H,6-7H2,1-2H3,(H,14,15). The van der Waals surface area contributed by atoms with E-state index in [1.165, 1.54) is 0 Å². The third kappa shape index (κ3) is 2.49. The lowest BCUT2D eigenvalue weighted by Gasteiger charge is -2.34. The van der Waals surface area contributed by atoms with Gasteiger partial charge in [-0.15, -0.1) is 11.8 Å². The Morgan fingerprint density at radius 3 is 3.06 bits per heavy atom. The third-order valence-electron chi connectivity index (χ3n) is 2.63. The van der Waals surface area contributed by atoms with Crippen molar-refractivity contribution in [1.29, 1.82) is 0 Å². The van der Waals surface area contributed by atoms with E-state index in [9.17, 15) is 4.79 Å². The number of aliphatic carboxylic acids is 1. The molecule has 0 spiro atoms. The summed E-state index contributed by atoms with van der Waals surface area (Å²) in [6.07, 6.45) is 0. The molecule has 0 radical (unpaired) electrons.